The normalized spacial score (nSPS) is 17.7. The van der Waals surface area contributed by atoms with Crippen molar-refractivity contribution in [2.45, 2.75) is 32.2 Å². The van der Waals surface area contributed by atoms with Crippen LogP contribution in [0.2, 0.25) is 0 Å². The minimum atomic E-state index is 0.502. The molecule has 3 aromatic heterocycles. The number of aromatic amines is 1. The van der Waals surface area contributed by atoms with Gasteiger partial charge in [0.15, 0.2) is 0 Å². The van der Waals surface area contributed by atoms with E-state index in [2.05, 4.69) is 57.5 Å². The Labute approximate surface area is 187 Å². The van der Waals surface area contributed by atoms with Crippen LogP contribution in [0.4, 0.5) is 0 Å². The van der Waals surface area contributed by atoms with Gasteiger partial charge in [-0.25, -0.2) is 4.98 Å². The van der Waals surface area contributed by atoms with E-state index in [1.54, 1.807) is 7.11 Å². The molecular formula is C24H29N7O. The highest BCUT2D eigenvalue weighted by atomic mass is 16.5. The summed E-state index contributed by atoms with van der Waals surface area (Å²) in [5.74, 6) is 1.68. The average Bonchev–Trinajstić information content (AvgIpc) is 3.44. The predicted molar refractivity (Wildman–Crippen MR) is 123 cm³/mol. The summed E-state index contributed by atoms with van der Waals surface area (Å²) >= 11 is 0. The first-order valence-electron chi connectivity index (χ1n) is 11.3. The first-order chi connectivity index (χ1) is 15.6. The van der Waals surface area contributed by atoms with Gasteiger partial charge in [-0.05, 0) is 36.8 Å². The predicted octanol–water partition coefficient (Wildman–Crippen LogP) is 3.25. The maximum atomic E-state index is 5.26. The highest BCUT2D eigenvalue weighted by Gasteiger charge is 2.50. The Balaban J connectivity index is 1.50. The second-order valence-electron chi connectivity index (χ2n) is 9.51. The smallest absolute Gasteiger partial charge is 0.112 e. The van der Waals surface area contributed by atoms with E-state index in [0.717, 1.165) is 47.5 Å². The summed E-state index contributed by atoms with van der Waals surface area (Å²) in [6, 6.07) is 4.26. The topological polar surface area (TPSA) is 85.6 Å². The third-order valence-electron chi connectivity index (χ3n) is 7.35. The number of H-pyrrole nitrogens is 1. The van der Waals surface area contributed by atoms with Crippen LogP contribution in [0.15, 0.2) is 30.7 Å². The molecule has 166 valence electrons. The molecule has 4 aromatic rings. The molecule has 1 spiro atoms. The van der Waals surface area contributed by atoms with Crippen molar-refractivity contribution in [1.82, 2.24) is 34.8 Å². The highest BCUT2D eigenvalue weighted by molar-refractivity contribution is 5.98. The van der Waals surface area contributed by atoms with Gasteiger partial charge in [-0.2, -0.15) is 10.2 Å². The maximum Gasteiger partial charge on any atom is 0.112 e. The summed E-state index contributed by atoms with van der Waals surface area (Å²) in [5, 5.41) is 16.6. The van der Waals surface area contributed by atoms with Crippen LogP contribution in [-0.4, -0.2) is 56.3 Å². The van der Waals surface area contributed by atoms with Gasteiger partial charge in [0.05, 0.1) is 42.4 Å². The standard InChI is InChI=1S/C24H29N7O/c1-15-4-5-19-18(11-26-29-19)20(15)22-21(17-10-27-31(12-17)6-7-32-3)28-23(30(22)2)16-8-24(9-16)13-25-14-24/h4-5,10-12,16,25H,6-9,13-14H2,1-3H3,(H,26,29). The zero-order valence-corrected chi connectivity index (χ0v) is 18.9. The summed E-state index contributed by atoms with van der Waals surface area (Å²) in [7, 11) is 3.88. The quantitative estimate of drug-likeness (QED) is 0.490. The molecule has 1 saturated carbocycles. The Morgan fingerprint density at radius 3 is 2.81 bits per heavy atom. The van der Waals surface area contributed by atoms with E-state index in [0.29, 0.717) is 17.9 Å². The van der Waals surface area contributed by atoms with Gasteiger partial charge < -0.3 is 14.6 Å². The zero-order valence-electron chi connectivity index (χ0n) is 18.9. The summed E-state index contributed by atoms with van der Waals surface area (Å²) < 4.78 is 9.48. The van der Waals surface area contributed by atoms with Crippen LogP contribution in [0.3, 0.4) is 0 Å². The number of nitrogens with one attached hydrogen (secondary N) is 2. The number of imidazole rings is 1. The molecule has 32 heavy (non-hydrogen) atoms. The van der Waals surface area contributed by atoms with E-state index in [1.165, 1.54) is 29.8 Å². The van der Waals surface area contributed by atoms with E-state index in [9.17, 15) is 0 Å². The molecular weight excluding hydrogens is 402 g/mol. The van der Waals surface area contributed by atoms with Crippen molar-refractivity contribution in [2.75, 3.05) is 26.8 Å². The molecule has 6 rings (SSSR count). The number of fused-ring (bicyclic) bond motifs is 1. The van der Waals surface area contributed by atoms with E-state index >= 15 is 0 Å². The molecule has 1 aliphatic heterocycles. The van der Waals surface area contributed by atoms with Crippen molar-refractivity contribution in [3.8, 4) is 22.5 Å². The molecule has 1 aliphatic carbocycles. The number of hydrogen-bond acceptors (Lipinski definition) is 5. The lowest BCUT2D eigenvalue weighted by Crippen LogP contribution is -2.59. The summed E-state index contributed by atoms with van der Waals surface area (Å²) in [4.78, 5) is 5.26. The molecule has 4 heterocycles. The molecule has 2 N–H and O–H groups in total. The molecule has 0 amide bonds. The molecule has 1 saturated heterocycles. The Morgan fingerprint density at radius 1 is 1.22 bits per heavy atom. The lowest BCUT2D eigenvalue weighted by molar-refractivity contribution is 0.0321. The Kier molecular flexibility index (Phi) is 4.48. The lowest BCUT2D eigenvalue weighted by Gasteiger charge is -2.54. The van der Waals surface area contributed by atoms with Crippen LogP contribution >= 0.6 is 0 Å². The fraction of sp³-hybridized carbons (Fsp3) is 0.458. The maximum absolute atomic E-state index is 5.26. The SMILES string of the molecule is COCCn1cc(-c2nc(C3CC4(CNC4)C3)n(C)c2-c2c(C)ccc3[nH]ncc23)cn1. The Hall–Kier alpha value is -2.97. The van der Waals surface area contributed by atoms with E-state index < -0.39 is 0 Å². The van der Waals surface area contributed by atoms with E-state index in [1.807, 2.05) is 17.1 Å². The van der Waals surface area contributed by atoms with Gasteiger partial charge in [-0.15, -0.1) is 0 Å². The van der Waals surface area contributed by atoms with Crippen molar-refractivity contribution in [2.24, 2.45) is 12.5 Å². The number of rotatable bonds is 6. The second kappa shape index (κ2) is 7.28. The van der Waals surface area contributed by atoms with Crippen molar-refractivity contribution in [1.29, 1.82) is 0 Å². The molecule has 0 unspecified atom stereocenters. The van der Waals surface area contributed by atoms with Gasteiger partial charge in [0, 0.05) is 55.9 Å². The number of benzene rings is 1. The van der Waals surface area contributed by atoms with Crippen LogP contribution in [0.1, 0.15) is 30.1 Å². The monoisotopic (exact) mass is 431 g/mol. The van der Waals surface area contributed by atoms with E-state index in [4.69, 9.17) is 9.72 Å². The van der Waals surface area contributed by atoms with Gasteiger partial charge in [0.25, 0.3) is 0 Å². The van der Waals surface area contributed by atoms with Crippen LogP contribution in [-0.2, 0) is 18.3 Å². The van der Waals surface area contributed by atoms with Crippen LogP contribution in [0.25, 0.3) is 33.4 Å². The van der Waals surface area contributed by atoms with Crippen molar-refractivity contribution in [3.05, 3.63) is 42.1 Å². The van der Waals surface area contributed by atoms with Crippen molar-refractivity contribution in [3.63, 3.8) is 0 Å². The van der Waals surface area contributed by atoms with Gasteiger partial charge >= 0.3 is 0 Å². The molecule has 8 heteroatoms. The molecule has 1 aromatic carbocycles. The Bertz CT molecular complexity index is 1290. The molecule has 8 nitrogen and oxygen atoms in total. The fourth-order valence-corrected chi connectivity index (χ4v) is 5.54. The largest absolute Gasteiger partial charge is 0.383 e. The number of hydrogen-bond donors (Lipinski definition) is 2. The molecule has 2 aliphatic rings. The fourth-order valence-electron chi connectivity index (χ4n) is 5.54. The summed E-state index contributed by atoms with van der Waals surface area (Å²) in [6.45, 7) is 5.81. The molecule has 0 bridgehead atoms. The highest BCUT2D eigenvalue weighted by Crippen LogP contribution is 2.54. The number of aromatic nitrogens is 6. The minimum Gasteiger partial charge on any atom is -0.383 e. The van der Waals surface area contributed by atoms with Crippen LogP contribution in [0, 0.1) is 12.3 Å². The van der Waals surface area contributed by atoms with Crippen molar-refractivity contribution >= 4 is 10.9 Å². The van der Waals surface area contributed by atoms with Gasteiger partial charge in [-0.1, -0.05) is 6.07 Å². The minimum absolute atomic E-state index is 0.502. The number of ether oxygens (including phenoxy) is 1. The van der Waals surface area contributed by atoms with E-state index in [-0.39, 0.29) is 0 Å². The molecule has 0 atom stereocenters. The number of aryl methyl sites for hydroxylation is 1. The Morgan fingerprint density at radius 2 is 2.06 bits per heavy atom. The summed E-state index contributed by atoms with van der Waals surface area (Å²) in [5.41, 5.74) is 7.13. The third kappa shape index (κ3) is 2.93. The first-order valence-corrected chi connectivity index (χ1v) is 11.3. The van der Waals surface area contributed by atoms with Crippen molar-refractivity contribution < 1.29 is 4.74 Å². The molecule has 2 fully saturated rings. The lowest BCUT2D eigenvalue weighted by atomic mass is 9.58. The summed E-state index contributed by atoms with van der Waals surface area (Å²) in [6.07, 6.45) is 8.36. The van der Waals surface area contributed by atoms with Crippen LogP contribution in [0.5, 0.6) is 0 Å². The van der Waals surface area contributed by atoms with Crippen LogP contribution < -0.4 is 5.32 Å². The average molecular weight is 432 g/mol. The third-order valence-corrected chi connectivity index (χ3v) is 7.35. The number of methoxy groups -OCH3 is 1. The zero-order chi connectivity index (χ0) is 21.9. The molecule has 0 radical (unpaired) electrons. The number of nitrogens with zero attached hydrogens (tertiary/aromatic N) is 5. The first kappa shape index (κ1) is 19.7. The van der Waals surface area contributed by atoms with Gasteiger partial charge in [0.2, 0.25) is 0 Å². The van der Waals surface area contributed by atoms with Gasteiger partial charge in [-0.3, -0.25) is 9.78 Å². The van der Waals surface area contributed by atoms with Gasteiger partial charge in [0.1, 0.15) is 5.82 Å². The second-order valence-corrected chi connectivity index (χ2v) is 9.51.